The van der Waals surface area contributed by atoms with Crippen LogP contribution in [0.4, 0.5) is 0 Å². The lowest BCUT2D eigenvalue weighted by Gasteiger charge is -2.07. The molecule has 112 valence electrons. The van der Waals surface area contributed by atoms with Gasteiger partial charge in [0.15, 0.2) is 0 Å². The van der Waals surface area contributed by atoms with Crippen molar-refractivity contribution in [1.82, 2.24) is 0 Å². The Morgan fingerprint density at radius 2 is 1.00 bits per heavy atom. The molecule has 8 heteroatoms. The summed E-state index contributed by atoms with van der Waals surface area (Å²) in [4.78, 5) is 42.4. The van der Waals surface area contributed by atoms with E-state index in [1.165, 1.54) is 12.2 Å². The molecular formula is C12H16O8. The predicted molar refractivity (Wildman–Crippen MR) is 65.1 cm³/mol. The number of carboxylic acids is 4. The molecule has 0 bridgehead atoms. The molecule has 0 aliphatic carbocycles. The lowest BCUT2D eigenvalue weighted by Crippen LogP contribution is -2.18. The van der Waals surface area contributed by atoms with E-state index >= 15 is 0 Å². The third kappa shape index (κ3) is 7.85. The molecule has 2 atom stereocenters. The maximum absolute atomic E-state index is 10.7. The summed E-state index contributed by atoms with van der Waals surface area (Å²) in [5.41, 5.74) is 0. The van der Waals surface area contributed by atoms with Gasteiger partial charge in [-0.15, -0.1) is 0 Å². The van der Waals surface area contributed by atoms with Gasteiger partial charge in [-0.3, -0.25) is 19.2 Å². The third-order valence-electron chi connectivity index (χ3n) is 2.55. The molecule has 0 spiro atoms. The fourth-order valence-electron chi connectivity index (χ4n) is 1.49. The predicted octanol–water partition coefficient (Wildman–Crippen LogP) is 0.674. The van der Waals surface area contributed by atoms with Crippen molar-refractivity contribution in [3.63, 3.8) is 0 Å². The van der Waals surface area contributed by atoms with Crippen LogP contribution in [0.3, 0.4) is 0 Å². The second-order valence-electron chi connectivity index (χ2n) is 4.21. The van der Waals surface area contributed by atoms with Crippen molar-refractivity contribution in [2.75, 3.05) is 0 Å². The molecule has 0 amide bonds. The van der Waals surface area contributed by atoms with E-state index in [2.05, 4.69) is 0 Å². The molecule has 0 aromatic rings. The van der Waals surface area contributed by atoms with Crippen LogP contribution in [-0.4, -0.2) is 44.3 Å². The Hall–Kier alpha value is -2.38. The number of hydrogen-bond donors (Lipinski definition) is 4. The topological polar surface area (TPSA) is 149 Å². The Balaban J connectivity index is 4.39. The van der Waals surface area contributed by atoms with Crippen LogP contribution in [0.2, 0.25) is 0 Å². The number of carboxylic acid groups (broad SMARTS) is 4. The van der Waals surface area contributed by atoms with Crippen molar-refractivity contribution in [1.29, 1.82) is 0 Å². The molecule has 20 heavy (non-hydrogen) atoms. The fraction of sp³-hybridized carbons (Fsp3) is 0.500. The van der Waals surface area contributed by atoms with Crippen molar-refractivity contribution in [3.05, 3.63) is 12.2 Å². The Morgan fingerprint density at radius 1 is 0.700 bits per heavy atom. The normalized spacial score (nSPS) is 13.8. The second-order valence-corrected chi connectivity index (χ2v) is 4.21. The van der Waals surface area contributed by atoms with E-state index in [4.69, 9.17) is 20.4 Å². The molecule has 0 aromatic carbocycles. The smallest absolute Gasteiger partial charge is 0.307 e. The van der Waals surface area contributed by atoms with Crippen LogP contribution in [-0.2, 0) is 19.2 Å². The zero-order valence-electron chi connectivity index (χ0n) is 10.6. The quantitative estimate of drug-likeness (QED) is 0.428. The minimum Gasteiger partial charge on any atom is -0.481 e. The lowest BCUT2D eigenvalue weighted by atomic mass is 9.98. The van der Waals surface area contributed by atoms with Crippen LogP contribution < -0.4 is 0 Å². The van der Waals surface area contributed by atoms with E-state index in [1.807, 2.05) is 0 Å². The summed E-state index contributed by atoms with van der Waals surface area (Å²) in [6.07, 6.45) is 1.55. The molecule has 0 saturated heterocycles. The summed E-state index contributed by atoms with van der Waals surface area (Å²) in [5.74, 6) is -7.16. The second kappa shape index (κ2) is 8.68. The molecule has 0 heterocycles. The molecule has 0 rings (SSSR count). The zero-order valence-corrected chi connectivity index (χ0v) is 10.6. The molecule has 0 saturated carbocycles. The van der Waals surface area contributed by atoms with Gasteiger partial charge in [0.2, 0.25) is 0 Å². The molecule has 4 N–H and O–H groups in total. The van der Waals surface area contributed by atoms with E-state index in [0.717, 1.165) is 0 Å². The van der Waals surface area contributed by atoms with E-state index < -0.39 is 48.6 Å². The van der Waals surface area contributed by atoms with Gasteiger partial charge in [0.05, 0.1) is 24.7 Å². The Kier molecular flexibility index (Phi) is 7.64. The number of rotatable bonds is 10. The maximum atomic E-state index is 10.7. The standard InChI is InChI=1S/C12H16O8/c13-9(14)5-7(11(17)18)3-1-2-4-8(12(19)20)6-10(15)16/h1-2,7-8H,3-6H2,(H,13,14)(H,15,16)(H,17,18)(H,19,20)/b2-1+. The minimum absolute atomic E-state index is 0.0545. The van der Waals surface area contributed by atoms with E-state index in [-0.39, 0.29) is 12.8 Å². The molecule has 0 radical (unpaired) electrons. The fourth-order valence-corrected chi connectivity index (χ4v) is 1.49. The first-order valence-corrected chi connectivity index (χ1v) is 5.78. The average molecular weight is 288 g/mol. The van der Waals surface area contributed by atoms with Crippen LogP contribution in [0, 0.1) is 11.8 Å². The Morgan fingerprint density at radius 3 is 1.20 bits per heavy atom. The van der Waals surface area contributed by atoms with Crippen LogP contribution in [0.5, 0.6) is 0 Å². The molecule has 8 nitrogen and oxygen atoms in total. The SMILES string of the molecule is O=C(O)CC(C/C=C/CC(CC(=O)O)C(=O)O)C(=O)O. The van der Waals surface area contributed by atoms with Crippen LogP contribution in [0.15, 0.2) is 12.2 Å². The zero-order chi connectivity index (χ0) is 15.7. The largest absolute Gasteiger partial charge is 0.481 e. The molecule has 0 aromatic heterocycles. The van der Waals surface area contributed by atoms with Gasteiger partial charge >= 0.3 is 23.9 Å². The monoisotopic (exact) mass is 288 g/mol. The van der Waals surface area contributed by atoms with Gasteiger partial charge in [0.1, 0.15) is 0 Å². The summed E-state index contributed by atoms with van der Waals surface area (Å²) >= 11 is 0. The molecule has 0 aliphatic rings. The van der Waals surface area contributed by atoms with Gasteiger partial charge in [0.25, 0.3) is 0 Å². The van der Waals surface area contributed by atoms with E-state index in [1.54, 1.807) is 0 Å². The number of aliphatic carboxylic acids is 4. The summed E-state index contributed by atoms with van der Waals surface area (Å²) < 4.78 is 0. The summed E-state index contributed by atoms with van der Waals surface area (Å²) in [7, 11) is 0. The van der Waals surface area contributed by atoms with Gasteiger partial charge in [0, 0.05) is 0 Å². The van der Waals surface area contributed by atoms with Gasteiger partial charge in [-0.2, -0.15) is 0 Å². The molecule has 0 fully saturated rings. The van der Waals surface area contributed by atoms with Crippen molar-refractivity contribution in [2.24, 2.45) is 11.8 Å². The first kappa shape index (κ1) is 17.6. The van der Waals surface area contributed by atoms with Crippen molar-refractivity contribution >= 4 is 23.9 Å². The van der Waals surface area contributed by atoms with E-state index in [0.29, 0.717) is 0 Å². The molecule has 2 unspecified atom stereocenters. The first-order chi connectivity index (χ1) is 9.23. The molecular weight excluding hydrogens is 272 g/mol. The maximum Gasteiger partial charge on any atom is 0.307 e. The highest BCUT2D eigenvalue weighted by Gasteiger charge is 2.21. The van der Waals surface area contributed by atoms with Gasteiger partial charge < -0.3 is 20.4 Å². The van der Waals surface area contributed by atoms with Gasteiger partial charge in [-0.05, 0) is 12.8 Å². The minimum atomic E-state index is -1.25. The average Bonchev–Trinajstić information content (AvgIpc) is 2.29. The number of carbonyl (C=O) groups is 4. The summed E-state index contributed by atoms with van der Waals surface area (Å²) in [6, 6.07) is 0. The highest BCUT2D eigenvalue weighted by molar-refractivity contribution is 5.78. The van der Waals surface area contributed by atoms with Crippen LogP contribution in [0.1, 0.15) is 25.7 Å². The Bertz CT molecular complexity index is 374. The third-order valence-corrected chi connectivity index (χ3v) is 2.55. The van der Waals surface area contributed by atoms with Crippen molar-refractivity contribution in [2.45, 2.75) is 25.7 Å². The van der Waals surface area contributed by atoms with E-state index in [9.17, 15) is 19.2 Å². The highest BCUT2D eigenvalue weighted by Crippen LogP contribution is 2.13. The van der Waals surface area contributed by atoms with Crippen molar-refractivity contribution < 1.29 is 39.6 Å². The van der Waals surface area contributed by atoms with Crippen molar-refractivity contribution in [3.8, 4) is 0 Å². The van der Waals surface area contributed by atoms with Crippen LogP contribution >= 0.6 is 0 Å². The lowest BCUT2D eigenvalue weighted by molar-refractivity contribution is -0.148. The van der Waals surface area contributed by atoms with Crippen LogP contribution in [0.25, 0.3) is 0 Å². The highest BCUT2D eigenvalue weighted by atomic mass is 16.4. The van der Waals surface area contributed by atoms with Gasteiger partial charge in [-0.25, -0.2) is 0 Å². The summed E-state index contributed by atoms with van der Waals surface area (Å²) in [6.45, 7) is 0. The molecule has 0 aliphatic heterocycles. The number of allylic oxidation sites excluding steroid dienone is 2. The number of hydrogen-bond acceptors (Lipinski definition) is 4. The first-order valence-electron chi connectivity index (χ1n) is 5.78. The Labute approximate surface area is 114 Å². The van der Waals surface area contributed by atoms with Gasteiger partial charge in [-0.1, -0.05) is 12.2 Å². The summed E-state index contributed by atoms with van der Waals surface area (Å²) in [5, 5.41) is 34.6.